The highest BCUT2D eigenvalue weighted by Gasteiger charge is 2.11. The number of pyridine rings is 1. The largest absolute Gasteiger partial charge is 0.488 e. The Labute approximate surface area is 174 Å². The highest BCUT2D eigenvalue weighted by atomic mass is 16.5. The average Bonchev–Trinajstić information content (AvgIpc) is 2.78. The van der Waals surface area contributed by atoms with E-state index < -0.39 is 0 Å². The van der Waals surface area contributed by atoms with Gasteiger partial charge in [0, 0.05) is 12.1 Å². The SMILES string of the molecule is CCNC(=O)Nc1ccc2ncc(-c3ccccc3OCc3ccccc3)nc2n1. The van der Waals surface area contributed by atoms with Crippen molar-refractivity contribution in [1.29, 1.82) is 0 Å². The third-order valence-electron chi connectivity index (χ3n) is 4.39. The van der Waals surface area contributed by atoms with Crippen LogP contribution in [0.15, 0.2) is 72.9 Å². The molecule has 2 aromatic heterocycles. The zero-order chi connectivity index (χ0) is 20.8. The van der Waals surface area contributed by atoms with Crippen LogP contribution in [0.1, 0.15) is 12.5 Å². The molecular weight excluding hydrogens is 378 g/mol. The van der Waals surface area contributed by atoms with E-state index in [0.29, 0.717) is 41.6 Å². The molecule has 0 saturated carbocycles. The van der Waals surface area contributed by atoms with Gasteiger partial charge in [-0.3, -0.25) is 10.3 Å². The number of nitrogens with one attached hydrogen (secondary N) is 2. The van der Waals surface area contributed by atoms with Gasteiger partial charge < -0.3 is 10.1 Å². The summed E-state index contributed by atoms with van der Waals surface area (Å²) in [6, 6.07) is 20.8. The number of hydrogen-bond donors (Lipinski definition) is 2. The maximum absolute atomic E-state index is 11.8. The van der Waals surface area contributed by atoms with Crippen molar-refractivity contribution in [3.63, 3.8) is 0 Å². The molecular formula is C23H21N5O2. The maximum Gasteiger partial charge on any atom is 0.320 e. The van der Waals surface area contributed by atoms with E-state index in [1.54, 1.807) is 18.3 Å². The normalized spacial score (nSPS) is 10.6. The Morgan fingerprint density at radius 1 is 0.967 bits per heavy atom. The van der Waals surface area contributed by atoms with Crippen LogP contribution in [0.5, 0.6) is 5.75 Å². The third kappa shape index (κ3) is 4.52. The van der Waals surface area contributed by atoms with Crippen LogP contribution in [0.2, 0.25) is 0 Å². The van der Waals surface area contributed by atoms with Gasteiger partial charge in [-0.2, -0.15) is 0 Å². The summed E-state index contributed by atoms with van der Waals surface area (Å²) in [6.07, 6.45) is 1.70. The lowest BCUT2D eigenvalue weighted by Gasteiger charge is -2.11. The summed E-state index contributed by atoms with van der Waals surface area (Å²) in [7, 11) is 0. The van der Waals surface area contributed by atoms with Gasteiger partial charge in [0.25, 0.3) is 0 Å². The Morgan fingerprint density at radius 2 is 1.77 bits per heavy atom. The van der Waals surface area contributed by atoms with E-state index in [1.807, 2.05) is 61.5 Å². The molecule has 0 unspecified atom stereocenters. The first-order chi connectivity index (χ1) is 14.7. The van der Waals surface area contributed by atoms with Gasteiger partial charge in [0.05, 0.1) is 11.9 Å². The summed E-state index contributed by atoms with van der Waals surface area (Å²) in [5.74, 6) is 1.13. The molecule has 0 bridgehead atoms. The molecule has 150 valence electrons. The third-order valence-corrected chi connectivity index (χ3v) is 4.39. The van der Waals surface area contributed by atoms with Gasteiger partial charge >= 0.3 is 6.03 Å². The van der Waals surface area contributed by atoms with Gasteiger partial charge in [0.1, 0.15) is 23.7 Å². The Morgan fingerprint density at radius 3 is 2.60 bits per heavy atom. The van der Waals surface area contributed by atoms with Crippen LogP contribution in [0, 0.1) is 0 Å². The highest BCUT2D eigenvalue weighted by Crippen LogP contribution is 2.29. The van der Waals surface area contributed by atoms with E-state index in [4.69, 9.17) is 4.74 Å². The highest BCUT2D eigenvalue weighted by molar-refractivity contribution is 5.89. The van der Waals surface area contributed by atoms with E-state index in [-0.39, 0.29) is 6.03 Å². The molecule has 0 fully saturated rings. The summed E-state index contributed by atoms with van der Waals surface area (Å²) in [5.41, 5.74) is 3.64. The minimum Gasteiger partial charge on any atom is -0.488 e. The molecule has 0 radical (unpaired) electrons. The Kier molecular flexibility index (Phi) is 5.80. The van der Waals surface area contributed by atoms with Crippen molar-refractivity contribution in [2.24, 2.45) is 0 Å². The molecule has 30 heavy (non-hydrogen) atoms. The van der Waals surface area contributed by atoms with Crippen molar-refractivity contribution in [1.82, 2.24) is 20.3 Å². The molecule has 0 aliphatic heterocycles. The fraction of sp³-hybridized carbons (Fsp3) is 0.130. The van der Waals surface area contributed by atoms with Gasteiger partial charge in [-0.1, -0.05) is 42.5 Å². The molecule has 0 saturated heterocycles. The fourth-order valence-corrected chi connectivity index (χ4v) is 2.96. The van der Waals surface area contributed by atoms with Crippen LogP contribution >= 0.6 is 0 Å². The molecule has 4 rings (SSSR count). The number of para-hydroxylation sites is 1. The van der Waals surface area contributed by atoms with Crippen LogP contribution in [0.3, 0.4) is 0 Å². The van der Waals surface area contributed by atoms with E-state index in [9.17, 15) is 4.79 Å². The summed E-state index contributed by atoms with van der Waals surface area (Å²) >= 11 is 0. The minimum absolute atomic E-state index is 0.312. The van der Waals surface area contributed by atoms with Crippen molar-refractivity contribution < 1.29 is 9.53 Å². The van der Waals surface area contributed by atoms with E-state index in [2.05, 4.69) is 25.6 Å². The number of carbonyl (C=O) groups excluding carboxylic acids is 1. The quantitative estimate of drug-likeness (QED) is 0.501. The van der Waals surface area contributed by atoms with Gasteiger partial charge in [-0.15, -0.1) is 0 Å². The molecule has 0 spiro atoms. The molecule has 4 aromatic rings. The lowest BCUT2D eigenvalue weighted by atomic mass is 10.1. The summed E-state index contributed by atoms with van der Waals surface area (Å²) in [4.78, 5) is 25.3. The second-order valence-electron chi connectivity index (χ2n) is 6.55. The minimum atomic E-state index is -0.312. The van der Waals surface area contributed by atoms with E-state index in [0.717, 1.165) is 11.1 Å². The first-order valence-electron chi connectivity index (χ1n) is 9.67. The lowest BCUT2D eigenvalue weighted by Crippen LogP contribution is -2.28. The standard InChI is InChI=1S/C23H21N5O2/c1-2-24-23(29)28-21-13-12-18-22(27-21)26-19(14-25-18)17-10-6-7-11-20(17)30-15-16-8-4-3-5-9-16/h3-14H,2,15H2,1H3,(H2,24,26,27,28,29). The van der Waals surface area contributed by atoms with Crippen LogP contribution in [0.4, 0.5) is 10.6 Å². The number of urea groups is 1. The van der Waals surface area contributed by atoms with Gasteiger partial charge in [-0.25, -0.2) is 14.8 Å². The first kappa shape index (κ1) is 19.3. The van der Waals surface area contributed by atoms with Crippen molar-refractivity contribution in [2.45, 2.75) is 13.5 Å². The Bertz CT molecular complexity index is 1160. The number of nitrogens with zero attached hydrogens (tertiary/aromatic N) is 3. The van der Waals surface area contributed by atoms with E-state index in [1.165, 1.54) is 0 Å². The number of aromatic nitrogens is 3. The van der Waals surface area contributed by atoms with Crippen LogP contribution in [0.25, 0.3) is 22.4 Å². The predicted octanol–water partition coefficient (Wildman–Crippen LogP) is 4.41. The number of carbonyl (C=O) groups is 1. The Balaban J connectivity index is 1.61. The Hall–Kier alpha value is -4.00. The molecule has 7 heteroatoms. The second kappa shape index (κ2) is 9.00. The fourth-order valence-electron chi connectivity index (χ4n) is 2.96. The van der Waals surface area contributed by atoms with Gasteiger partial charge in [-0.05, 0) is 36.8 Å². The summed E-state index contributed by atoms with van der Waals surface area (Å²) in [5, 5.41) is 5.36. The summed E-state index contributed by atoms with van der Waals surface area (Å²) in [6.45, 7) is 2.84. The zero-order valence-electron chi connectivity index (χ0n) is 16.5. The molecule has 2 aromatic carbocycles. The average molecular weight is 399 g/mol. The lowest BCUT2D eigenvalue weighted by molar-refractivity contribution is 0.252. The van der Waals surface area contributed by atoms with Crippen LogP contribution < -0.4 is 15.4 Å². The molecule has 2 N–H and O–H groups in total. The maximum atomic E-state index is 11.8. The molecule has 2 heterocycles. The second-order valence-corrected chi connectivity index (χ2v) is 6.55. The molecule has 0 aliphatic rings. The van der Waals surface area contributed by atoms with Crippen molar-refractivity contribution >= 4 is 23.0 Å². The number of rotatable bonds is 6. The topological polar surface area (TPSA) is 89.0 Å². The zero-order valence-corrected chi connectivity index (χ0v) is 16.5. The molecule has 7 nitrogen and oxygen atoms in total. The smallest absolute Gasteiger partial charge is 0.320 e. The number of anilines is 1. The van der Waals surface area contributed by atoms with Crippen molar-refractivity contribution in [2.75, 3.05) is 11.9 Å². The molecule has 0 atom stereocenters. The van der Waals surface area contributed by atoms with Crippen molar-refractivity contribution in [3.05, 3.63) is 78.5 Å². The van der Waals surface area contributed by atoms with Crippen LogP contribution in [-0.2, 0) is 6.61 Å². The van der Waals surface area contributed by atoms with Gasteiger partial charge in [0.15, 0.2) is 5.65 Å². The number of benzene rings is 2. The van der Waals surface area contributed by atoms with Crippen LogP contribution in [-0.4, -0.2) is 27.5 Å². The number of ether oxygens (including phenoxy) is 1. The molecule has 2 amide bonds. The monoisotopic (exact) mass is 399 g/mol. The first-order valence-corrected chi connectivity index (χ1v) is 9.67. The van der Waals surface area contributed by atoms with Gasteiger partial charge in [0.2, 0.25) is 0 Å². The van der Waals surface area contributed by atoms with E-state index >= 15 is 0 Å². The number of hydrogen-bond acceptors (Lipinski definition) is 5. The van der Waals surface area contributed by atoms with Crippen molar-refractivity contribution in [3.8, 4) is 17.0 Å². The summed E-state index contributed by atoms with van der Waals surface area (Å²) < 4.78 is 6.04. The number of fused-ring (bicyclic) bond motifs is 1. The molecule has 0 aliphatic carbocycles. The number of amides is 2. The predicted molar refractivity (Wildman–Crippen MR) is 116 cm³/mol.